The number of aliphatic hydroxyl groups excluding tert-OH is 3. The molecule has 0 aliphatic heterocycles. The van der Waals surface area contributed by atoms with E-state index in [0.717, 1.165) is 44.9 Å². The van der Waals surface area contributed by atoms with Gasteiger partial charge in [-0.2, -0.15) is 0 Å². The van der Waals surface area contributed by atoms with Crippen LogP contribution in [0.15, 0.2) is 36.5 Å². The largest absolute Gasteiger partial charge is 0.394 e. The third-order valence-corrected chi connectivity index (χ3v) is 13.5. The summed E-state index contributed by atoms with van der Waals surface area (Å²) in [5.74, 6) is -0.513. The quantitative estimate of drug-likeness (QED) is 0.0362. The maximum atomic E-state index is 12.5. The van der Waals surface area contributed by atoms with Gasteiger partial charge < -0.3 is 20.6 Å². The number of carbonyl (C=O) groups excluding carboxylic acids is 1. The van der Waals surface area contributed by atoms with Gasteiger partial charge in [0.2, 0.25) is 5.91 Å². The highest BCUT2D eigenvalue weighted by Gasteiger charge is 2.22. The molecule has 64 heavy (non-hydrogen) atoms. The van der Waals surface area contributed by atoms with Crippen molar-refractivity contribution in [2.75, 3.05) is 6.61 Å². The first kappa shape index (κ1) is 62.6. The number of rotatable bonds is 53. The van der Waals surface area contributed by atoms with Gasteiger partial charge in [-0.1, -0.05) is 301 Å². The molecule has 3 unspecified atom stereocenters. The SMILES string of the molecule is CCCCCCCC/C=C/CC/C=C/CC/C=C/C(O)C(CO)NC(=O)C(O)CCCCCCCCCCCCCCCCCCCCCCCCCCCCCCCCCCCC. The molecule has 0 aromatic rings. The van der Waals surface area contributed by atoms with Gasteiger partial charge in [0.05, 0.1) is 18.8 Å². The van der Waals surface area contributed by atoms with Crippen LogP contribution < -0.4 is 5.32 Å². The molecule has 0 saturated heterocycles. The van der Waals surface area contributed by atoms with Crippen molar-refractivity contribution in [1.29, 1.82) is 0 Å². The van der Waals surface area contributed by atoms with Crippen molar-refractivity contribution in [1.82, 2.24) is 5.32 Å². The van der Waals surface area contributed by atoms with E-state index in [9.17, 15) is 20.1 Å². The second kappa shape index (κ2) is 54.2. The molecule has 0 fully saturated rings. The fourth-order valence-electron chi connectivity index (χ4n) is 8.99. The van der Waals surface area contributed by atoms with E-state index in [-0.39, 0.29) is 6.61 Å². The standard InChI is InChI=1S/C59H113NO4/c1-3-5-7-9-11-13-15-17-19-21-22-23-24-25-26-27-28-29-30-31-32-33-34-35-36-37-38-40-42-44-46-48-50-52-54-58(63)59(64)60-56(55-61)57(62)53-51-49-47-45-43-41-39-20-18-16-14-12-10-8-6-4-2/h18,20,43,45,51,53,56-58,61-63H,3-17,19,21-42,44,46-50,52,54-55H2,1-2H3,(H,60,64)/b20-18+,45-43+,53-51+. The molecule has 0 heterocycles. The monoisotopic (exact) mass is 900 g/mol. The van der Waals surface area contributed by atoms with E-state index in [1.807, 2.05) is 6.08 Å². The molecule has 0 aromatic heterocycles. The molecule has 0 aliphatic carbocycles. The Kier molecular flexibility index (Phi) is 53.0. The smallest absolute Gasteiger partial charge is 0.249 e. The molecule has 4 N–H and O–H groups in total. The van der Waals surface area contributed by atoms with E-state index in [4.69, 9.17) is 0 Å². The molecule has 0 spiro atoms. The highest BCUT2D eigenvalue weighted by atomic mass is 16.3. The van der Waals surface area contributed by atoms with Crippen molar-refractivity contribution < 1.29 is 20.1 Å². The Balaban J connectivity index is 3.50. The van der Waals surface area contributed by atoms with Crippen molar-refractivity contribution >= 4 is 5.91 Å². The summed E-state index contributed by atoms with van der Waals surface area (Å²) in [5, 5.41) is 33.3. The van der Waals surface area contributed by atoms with Crippen LogP contribution in [0.5, 0.6) is 0 Å². The fraction of sp³-hybridized carbons (Fsp3) is 0.881. The number of hydrogen-bond acceptors (Lipinski definition) is 4. The van der Waals surface area contributed by atoms with Crippen molar-refractivity contribution in [3.05, 3.63) is 36.5 Å². The topological polar surface area (TPSA) is 89.8 Å². The van der Waals surface area contributed by atoms with Crippen LogP contribution in [0.3, 0.4) is 0 Å². The van der Waals surface area contributed by atoms with Gasteiger partial charge in [0.1, 0.15) is 6.10 Å². The minimum absolute atomic E-state index is 0.379. The summed E-state index contributed by atoms with van der Waals surface area (Å²) in [5.41, 5.74) is 0. The minimum Gasteiger partial charge on any atom is -0.394 e. The van der Waals surface area contributed by atoms with Gasteiger partial charge in [0.15, 0.2) is 0 Å². The Labute approximate surface area is 400 Å². The van der Waals surface area contributed by atoms with Gasteiger partial charge in [-0.15, -0.1) is 0 Å². The number of aliphatic hydroxyl groups is 3. The summed E-state index contributed by atoms with van der Waals surface area (Å²) in [4.78, 5) is 12.5. The minimum atomic E-state index is -1.11. The lowest BCUT2D eigenvalue weighted by molar-refractivity contribution is -0.131. The van der Waals surface area contributed by atoms with Gasteiger partial charge in [-0.25, -0.2) is 0 Å². The zero-order chi connectivity index (χ0) is 46.5. The molecule has 0 saturated carbocycles. The highest BCUT2D eigenvalue weighted by molar-refractivity contribution is 5.80. The molecular formula is C59H113NO4. The van der Waals surface area contributed by atoms with Crippen LogP contribution in [-0.2, 0) is 4.79 Å². The predicted molar refractivity (Wildman–Crippen MR) is 282 cm³/mol. The maximum Gasteiger partial charge on any atom is 0.249 e. The van der Waals surface area contributed by atoms with Crippen LogP contribution in [0, 0.1) is 0 Å². The zero-order valence-corrected chi connectivity index (χ0v) is 43.2. The molecule has 0 bridgehead atoms. The molecule has 0 radical (unpaired) electrons. The van der Waals surface area contributed by atoms with Crippen molar-refractivity contribution in [2.24, 2.45) is 0 Å². The molecule has 3 atom stereocenters. The maximum absolute atomic E-state index is 12.5. The van der Waals surface area contributed by atoms with E-state index in [1.54, 1.807) is 6.08 Å². The number of hydrogen-bond donors (Lipinski definition) is 4. The zero-order valence-electron chi connectivity index (χ0n) is 43.2. The summed E-state index contributed by atoms with van der Waals surface area (Å²) in [6.45, 7) is 4.18. The fourth-order valence-corrected chi connectivity index (χ4v) is 8.99. The molecule has 5 nitrogen and oxygen atoms in total. The second-order valence-electron chi connectivity index (χ2n) is 19.8. The summed E-state index contributed by atoms with van der Waals surface area (Å²) >= 11 is 0. The number of allylic oxidation sites excluding steroid dienone is 5. The van der Waals surface area contributed by atoms with Crippen LogP contribution in [0.2, 0.25) is 0 Å². The number of carbonyl (C=O) groups is 1. The molecule has 0 aromatic carbocycles. The third kappa shape index (κ3) is 48.5. The van der Waals surface area contributed by atoms with Crippen LogP contribution in [0.1, 0.15) is 309 Å². The highest BCUT2D eigenvalue weighted by Crippen LogP contribution is 2.18. The van der Waals surface area contributed by atoms with Gasteiger partial charge in [0.25, 0.3) is 0 Å². The Morgan fingerprint density at radius 2 is 0.641 bits per heavy atom. The van der Waals surface area contributed by atoms with Crippen LogP contribution in [-0.4, -0.2) is 46.1 Å². The van der Waals surface area contributed by atoms with Gasteiger partial charge in [-0.3, -0.25) is 4.79 Å². The predicted octanol–water partition coefficient (Wildman–Crippen LogP) is 17.8. The van der Waals surface area contributed by atoms with E-state index in [1.165, 1.54) is 244 Å². The summed E-state index contributed by atoms with van der Waals surface area (Å²) in [6.07, 6.45) is 71.0. The summed E-state index contributed by atoms with van der Waals surface area (Å²) in [6, 6.07) is -0.819. The van der Waals surface area contributed by atoms with E-state index < -0.39 is 24.2 Å². The van der Waals surface area contributed by atoms with Gasteiger partial charge in [-0.05, 0) is 44.9 Å². The molecular weight excluding hydrogens is 787 g/mol. The first-order chi connectivity index (χ1) is 31.6. The lowest BCUT2D eigenvalue weighted by Gasteiger charge is -2.21. The molecule has 378 valence electrons. The number of nitrogens with one attached hydrogen (secondary N) is 1. The van der Waals surface area contributed by atoms with E-state index in [0.29, 0.717) is 6.42 Å². The average molecular weight is 901 g/mol. The molecule has 5 heteroatoms. The van der Waals surface area contributed by atoms with Crippen LogP contribution in [0.4, 0.5) is 0 Å². The Morgan fingerprint density at radius 1 is 0.375 bits per heavy atom. The third-order valence-electron chi connectivity index (χ3n) is 13.5. The molecule has 1 amide bonds. The van der Waals surface area contributed by atoms with Gasteiger partial charge >= 0.3 is 0 Å². The first-order valence-electron chi connectivity index (χ1n) is 28.8. The second-order valence-corrected chi connectivity index (χ2v) is 19.8. The Bertz CT molecular complexity index is 993. The van der Waals surface area contributed by atoms with Gasteiger partial charge in [0, 0.05) is 0 Å². The Morgan fingerprint density at radius 3 is 0.953 bits per heavy atom. The van der Waals surface area contributed by atoms with Crippen molar-refractivity contribution in [3.8, 4) is 0 Å². The van der Waals surface area contributed by atoms with Crippen LogP contribution in [0.25, 0.3) is 0 Å². The van der Waals surface area contributed by atoms with Crippen molar-refractivity contribution in [3.63, 3.8) is 0 Å². The van der Waals surface area contributed by atoms with Crippen molar-refractivity contribution in [2.45, 2.75) is 327 Å². The summed E-state index contributed by atoms with van der Waals surface area (Å²) < 4.78 is 0. The van der Waals surface area contributed by atoms with E-state index >= 15 is 0 Å². The summed E-state index contributed by atoms with van der Waals surface area (Å²) in [7, 11) is 0. The number of amides is 1. The lowest BCUT2D eigenvalue weighted by Crippen LogP contribution is -2.48. The molecule has 0 rings (SSSR count). The number of unbranched alkanes of at least 4 members (excludes halogenated alkanes) is 41. The van der Waals surface area contributed by atoms with Crippen LogP contribution >= 0.6 is 0 Å². The molecule has 0 aliphatic rings. The Hall–Kier alpha value is -1.43. The average Bonchev–Trinajstić information content (AvgIpc) is 3.30. The van der Waals surface area contributed by atoms with E-state index in [2.05, 4.69) is 43.5 Å². The first-order valence-corrected chi connectivity index (χ1v) is 28.8. The normalized spacial score (nSPS) is 13.5. The lowest BCUT2D eigenvalue weighted by atomic mass is 10.0.